The lowest BCUT2D eigenvalue weighted by molar-refractivity contribution is -0.153. The average Bonchev–Trinajstić information content (AvgIpc) is 2.36. The summed E-state index contributed by atoms with van der Waals surface area (Å²) in [5.41, 5.74) is -0.615. The van der Waals surface area contributed by atoms with Gasteiger partial charge in [0.25, 0.3) is 0 Å². The Labute approximate surface area is 146 Å². The molecular formula is C17H33NO5Si. The van der Waals surface area contributed by atoms with Gasteiger partial charge < -0.3 is 19.2 Å². The van der Waals surface area contributed by atoms with Gasteiger partial charge >= 0.3 is 12.1 Å². The van der Waals surface area contributed by atoms with E-state index in [0.717, 1.165) is 0 Å². The fourth-order valence-corrected chi connectivity index (χ4v) is 3.15. The molecule has 0 aromatic heterocycles. The van der Waals surface area contributed by atoms with E-state index >= 15 is 0 Å². The molecule has 1 aliphatic rings. The average molecular weight is 360 g/mol. The molecule has 1 aliphatic heterocycles. The molecule has 0 spiro atoms. The number of esters is 1. The van der Waals surface area contributed by atoms with Crippen molar-refractivity contribution < 1.29 is 23.5 Å². The number of ether oxygens (including phenoxy) is 2. The lowest BCUT2D eigenvalue weighted by atomic mass is 9.95. The largest absolute Gasteiger partial charge is 0.464 e. The zero-order valence-electron chi connectivity index (χ0n) is 16.3. The van der Waals surface area contributed by atoms with E-state index in [1.807, 2.05) is 0 Å². The number of hydrogen-bond acceptors (Lipinski definition) is 5. The Morgan fingerprint density at radius 2 is 1.83 bits per heavy atom. The highest BCUT2D eigenvalue weighted by atomic mass is 28.4. The minimum absolute atomic E-state index is 0.0935. The fraction of sp³-hybridized carbons (Fsp3) is 0.882. The van der Waals surface area contributed by atoms with E-state index in [9.17, 15) is 9.59 Å². The molecular weight excluding hydrogens is 326 g/mol. The highest BCUT2D eigenvalue weighted by Gasteiger charge is 2.41. The third kappa shape index (κ3) is 6.09. The molecule has 2 atom stereocenters. The summed E-state index contributed by atoms with van der Waals surface area (Å²) in [7, 11) is -1.91. The zero-order chi connectivity index (χ0) is 18.8. The molecule has 0 bridgehead atoms. The zero-order valence-corrected chi connectivity index (χ0v) is 17.3. The van der Waals surface area contributed by atoms with Crippen LogP contribution < -0.4 is 5.32 Å². The Bertz CT molecular complexity index is 465. The van der Waals surface area contributed by atoms with Crippen LogP contribution in [0.1, 0.15) is 48.0 Å². The van der Waals surface area contributed by atoms with Crippen molar-refractivity contribution in [2.24, 2.45) is 5.92 Å². The summed E-state index contributed by atoms with van der Waals surface area (Å²) in [5, 5.41) is 2.74. The van der Waals surface area contributed by atoms with Gasteiger partial charge in [0.2, 0.25) is 0 Å². The number of rotatable bonds is 4. The van der Waals surface area contributed by atoms with Crippen molar-refractivity contribution in [3.63, 3.8) is 0 Å². The van der Waals surface area contributed by atoms with Crippen LogP contribution in [0.5, 0.6) is 0 Å². The fourth-order valence-electron chi connectivity index (χ4n) is 2.08. The first kappa shape index (κ1) is 21.0. The van der Waals surface area contributed by atoms with Gasteiger partial charge in [-0.15, -0.1) is 0 Å². The topological polar surface area (TPSA) is 73.9 Å². The van der Waals surface area contributed by atoms with E-state index in [-0.39, 0.29) is 11.0 Å². The second-order valence-electron chi connectivity index (χ2n) is 8.91. The summed E-state index contributed by atoms with van der Waals surface area (Å²) >= 11 is 0. The van der Waals surface area contributed by atoms with Gasteiger partial charge in [-0.1, -0.05) is 20.8 Å². The van der Waals surface area contributed by atoms with Gasteiger partial charge in [0.15, 0.2) is 8.32 Å². The third-order valence-electron chi connectivity index (χ3n) is 4.59. The maximum absolute atomic E-state index is 12.1. The number of cyclic esters (lactones) is 1. The molecule has 0 aromatic carbocycles. The predicted octanol–water partition coefficient (Wildman–Crippen LogP) is 3.46. The molecule has 0 radical (unpaired) electrons. The molecule has 140 valence electrons. The van der Waals surface area contributed by atoms with Crippen molar-refractivity contribution in [3.05, 3.63) is 0 Å². The third-order valence-corrected chi connectivity index (χ3v) is 9.10. The van der Waals surface area contributed by atoms with Gasteiger partial charge in [0.05, 0.1) is 6.61 Å². The van der Waals surface area contributed by atoms with Crippen molar-refractivity contribution in [1.29, 1.82) is 0 Å². The minimum atomic E-state index is -1.91. The van der Waals surface area contributed by atoms with E-state index in [2.05, 4.69) is 39.2 Å². The predicted molar refractivity (Wildman–Crippen MR) is 95.4 cm³/mol. The Morgan fingerprint density at radius 3 is 2.33 bits per heavy atom. The van der Waals surface area contributed by atoms with E-state index in [1.165, 1.54) is 0 Å². The van der Waals surface area contributed by atoms with Crippen LogP contribution in [0.2, 0.25) is 18.1 Å². The maximum atomic E-state index is 12.1. The van der Waals surface area contributed by atoms with Crippen molar-refractivity contribution >= 4 is 20.4 Å². The van der Waals surface area contributed by atoms with Crippen molar-refractivity contribution in [2.45, 2.75) is 77.7 Å². The first-order valence-corrected chi connectivity index (χ1v) is 11.4. The standard InChI is InChI=1S/C17H33NO5Si/c1-16(2,3)23-15(20)18-13-12(9-10-21-14(13)19)11-22-24(7,8)17(4,5)6/h12-13H,9-11H2,1-8H3,(H,18,20). The SMILES string of the molecule is CC(C)(C)OC(=O)NC1C(=O)OCCC1CO[Si](C)(C)C(C)(C)C. The summed E-state index contributed by atoms with van der Waals surface area (Å²) < 4.78 is 16.6. The summed E-state index contributed by atoms with van der Waals surface area (Å²) in [6.07, 6.45) is 0.0598. The van der Waals surface area contributed by atoms with Crippen LogP contribution >= 0.6 is 0 Å². The highest BCUT2D eigenvalue weighted by molar-refractivity contribution is 6.74. The van der Waals surface area contributed by atoms with Crippen LogP contribution in [-0.2, 0) is 18.7 Å². The molecule has 2 unspecified atom stereocenters. The molecule has 0 aromatic rings. The Hall–Kier alpha value is -1.08. The Kier molecular flexibility index (Phi) is 6.49. The molecule has 1 fully saturated rings. The first-order valence-electron chi connectivity index (χ1n) is 8.53. The summed E-state index contributed by atoms with van der Waals surface area (Å²) in [5.74, 6) is -0.524. The number of nitrogens with one attached hydrogen (secondary N) is 1. The van der Waals surface area contributed by atoms with E-state index in [1.54, 1.807) is 20.8 Å². The monoisotopic (exact) mass is 359 g/mol. The molecule has 1 heterocycles. The van der Waals surface area contributed by atoms with Crippen LogP contribution in [0.4, 0.5) is 4.79 Å². The lowest BCUT2D eigenvalue weighted by Gasteiger charge is -2.39. The van der Waals surface area contributed by atoms with E-state index in [4.69, 9.17) is 13.9 Å². The maximum Gasteiger partial charge on any atom is 0.408 e. The van der Waals surface area contributed by atoms with Crippen molar-refractivity contribution in [3.8, 4) is 0 Å². The normalized spacial score (nSPS) is 22.8. The Morgan fingerprint density at radius 1 is 1.25 bits per heavy atom. The minimum Gasteiger partial charge on any atom is -0.464 e. The number of amides is 1. The number of alkyl carbamates (subject to hydrolysis) is 1. The van der Waals surface area contributed by atoms with Gasteiger partial charge in [0, 0.05) is 12.5 Å². The molecule has 7 heteroatoms. The van der Waals surface area contributed by atoms with Gasteiger partial charge in [-0.2, -0.15) is 0 Å². The highest BCUT2D eigenvalue weighted by Crippen LogP contribution is 2.37. The Balaban J connectivity index is 2.73. The molecule has 1 N–H and O–H groups in total. The smallest absolute Gasteiger partial charge is 0.408 e. The summed E-state index contributed by atoms with van der Waals surface area (Å²) in [6.45, 7) is 17.0. The van der Waals surface area contributed by atoms with Crippen molar-refractivity contribution in [1.82, 2.24) is 5.32 Å². The van der Waals surface area contributed by atoms with Gasteiger partial charge in [-0.25, -0.2) is 9.59 Å². The lowest BCUT2D eigenvalue weighted by Crippen LogP contribution is -2.53. The summed E-state index contributed by atoms with van der Waals surface area (Å²) in [6, 6.07) is -0.724. The molecule has 1 amide bonds. The number of carbonyl (C=O) groups excluding carboxylic acids is 2. The van der Waals surface area contributed by atoms with Crippen LogP contribution in [-0.4, -0.2) is 45.2 Å². The van der Waals surface area contributed by atoms with Crippen LogP contribution in [0, 0.1) is 5.92 Å². The molecule has 6 nitrogen and oxygen atoms in total. The molecule has 0 saturated carbocycles. The number of carbonyl (C=O) groups is 2. The van der Waals surface area contributed by atoms with Gasteiger partial charge in [0.1, 0.15) is 11.6 Å². The second-order valence-corrected chi connectivity index (χ2v) is 13.7. The van der Waals surface area contributed by atoms with Gasteiger partial charge in [-0.3, -0.25) is 0 Å². The van der Waals surface area contributed by atoms with Crippen LogP contribution in [0.15, 0.2) is 0 Å². The second kappa shape index (κ2) is 7.43. The quantitative estimate of drug-likeness (QED) is 0.614. The van der Waals surface area contributed by atoms with Crippen LogP contribution in [0.3, 0.4) is 0 Å². The molecule has 1 saturated heterocycles. The first-order chi connectivity index (χ1) is 10.7. The van der Waals surface area contributed by atoms with E-state index in [0.29, 0.717) is 19.6 Å². The molecule has 24 heavy (non-hydrogen) atoms. The molecule has 0 aliphatic carbocycles. The number of hydrogen-bond donors (Lipinski definition) is 1. The van der Waals surface area contributed by atoms with E-state index < -0.39 is 32.0 Å². The molecule has 1 rings (SSSR count). The summed E-state index contributed by atoms with van der Waals surface area (Å²) in [4.78, 5) is 24.1. The van der Waals surface area contributed by atoms with Gasteiger partial charge in [-0.05, 0) is 45.3 Å². The van der Waals surface area contributed by atoms with Crippen LogP contribution in [0.25, 0.3) is 0 Å². The van der Waals surface area contributed by atoms with Crippen molar-refractivity contribution in [2.75, 3.05) is 13.2 Å².